The Kier molecular flexibility index (Phi) is 9.40. The van der Waals surface area contributed by atoms with Crippen LogP contribution < -0.4 is 9.62 Å². The molecule has 2 aromatic carbocycles. The van der Waals surface area contributed by atoms with Gasteiger partial charge in [0.25, 0.3) is 0 Å². The molecule has 0 aliphatic rings. The van der Waals surface area contributed by atoms with Crippen LogP contribution in [0.5, 0.6) is 0 Å². The smallest absolute Gasteiger partial charge is 0.242 e. The lowest BCUT2D eigenvalue weighted by Crippen LogP contribution is -2.46. The normalized spacial score (nSPS) is 12.2. The Bertz CT molecular complexity index is 1040. The average Bonchev–Trinajstić information content (AvgIpc) is 2.79. The standard InChI is InChI=1S/C24H32FN3O4S/c1-5-19-10-14-22(15-11-19)28(33(4,31)32)16-6-7-23(29)27(18(2)24(30)26-3)17-20-8-12-21(25)13-9-20/h8-15,18H,5-7,16-17H2,1-4H3,(H,26,30)/t18-/m1/s1. The van der Waals surface area contributed by atoms with Gasteiger partial charge in [-0.2, -0.15) is 0 Å². The lowest BCUT2D eigenvalue weighted by Gasteiger charge is -2.29. The summed E-state index contributed by atoms with van der Waals surface area (Å²) in [5, 5.41) is 2.54. The summed E-state index contributed by atoms with van der Waals surface area (Å²) < 4.78 is 39.2. The molecule has 0 saturated carbocycles. The molecule has 0 aliphatic carbocycles. The van der Waals surface area contributed by atoms with E-state index in [0.29, 0.717) is 11.3 Å². The van der Waals surface area contributed by atoms with Crippen LogP contribution in [0.1, 0.15) is 37.8 Å². The highest BCUT2D eigenvalue weighted by atomic mass is 32.2. The van der Waals surface area contributed by atoms with Crippen LogP contribution in [0.3, 0.4) is 0 Å². The number of anilines is 1. The molecule has 0 heterocycles. The minimum atomic E-state index is -3.53. The van der Waals surface area contributed by atoms with Crippen molar-refractivity contribution in [2.24, 2.45) is 0 Å². The second kappa shape index (κ2) is 11.8. The summed E-state index contributed by atoms with van der Waals surface area (Å²) in [5.41, 5.74) is 2.33. The van der Waals surface area contributed by atoms with Crippen LogP contribution in [-0.2, 0) is 32.6 Å². The van der Waals surface area contributed by atoms with Crippen LogP contribution in [-0.4, -0.2) is 51.0 Å². The van der Waals surface area contributed by atoms with Gasteiger partial charge in [-0.3, -0.25) is 13.9 Å². The molecule has 9 heteroatoms. The van der Waals surface area contributed by atoms with Crippen molar-refractivity contribution < 1.29 is 22.4 Å². The van der Waals surface area contributed by atoms with Gasteiger partial charge in [0.1, 0.15) is 11.9 Å². The number of carbonyl (C=O) groups is 2. The molecule has 2 rings (SSSR count). The summed E-state index contributed by atoms with van der Waals surface area (Å²) in [6.45, 7) is 3.92. The third-order valence-electron chi connectivity index (χ3n) is 5.46. The van der Waals surface area contributed by atoms with Crippen LogP contribution >= 0.6 is 0 Å². The van der Waals surface area contributed by atoms with E-state index >= 15 is 0 Å². The van der Waals surface area contributed by atoms with Crippen LogP contribution in [0.15, 0.2) is 48.5 Å². The molecule has 33 heavy (non-hydrogen) atoms. The average molecular weight is 478 g/mol. The van der Waals surface area contributed by atoms with E-state index in [1.54, 1.807) is 31.2 Å². The molecule has 2 aromatic rings. The Morgan fingerprint density at radius 1 is 1.03 bits per heavy atom. The Morgan fingerprint density at radius 2 is 1.61 bits per heavy atom. The predicted molar refractivity (Wildman–Crippen MR) is 128 cm³/mol. The number of nitrogens with zero attached hydrogens (tertiary/aromatic N) is 2. The maximum atomic E-state index is 13.2. The number of carbonyl (C=O) groups excluding carboxylic acids is 2. The SMILES string of the molecule is CCc1ccc(N(CCCC(=O)N(Cc2ccc(F)cc2)[C@H](C)C(=O)NC)S(C)(=O)=O)cc1. The number of aryl methyl sites for hydroxylation is 1. The minimum absolute atomic E-state index is 0.0571. The first-order chi connectivity index (χ1) is 15.6. The molecular weight excluding hydrogens is 445 g/mol. The highest BCUT2D eigenvalue weighted by Gasteiger charge is 2.26. The largest absolute Gasteiger partial charge is 0.357 e. The second-order valence-electron chi connectivity index (χ2n) is 7.90. The highest BCUT2D eigenvalue weighted by molar-refractivity contribution is 7.92. The zero-order chi connectivity index (χ0) is 24.6. The van der Waals surface area contributed by atoms with Crippen molar-refractivity contribution >= 4 is 27.5 Å². The number of halogens is 1. The fourth-order valence-corrected chi connectivity index (χ4v) is 4.45. The number of hydrogen-bond acceptors (Lipinski definition) is 4. The summed E-state index contributed by atoms with van der Waals surface area (Å²) in [6, 6.07) is 12.3. The van der Waals surface area contributed by atoms with Crippen molar-refractivity contribution in [3.63, 3.8) is 0 Å². The third-order valence-corrected chi connectivity index (χ3v) is 6.66. The first kappa shape index (κ1) is 26.3. The van der Waals surface area contributed by atoms with Gasteiger partial charge in [0.05, 0.1) is 11.9 Å². The maximum absolute atomic E-state index is 13.2. The van der Waals surface area contributed by atoms with Crippen molar-refractivity contribution in [3.05, 3.63) is 65.5 Å². The summed E-state index contributed by atoms with van der Waals surface area (Å²) in [6.07, 6.45) is 2.32. The van der Waals surface area contributed by atoms with E-state index in [9.17, 15) is 22.4 Å². The van der Waals surface area contributed by atoms with Gasteiger partial charge in [-0.05, 0) is 55.2 Å². The zero-order valence-electron chi connectivity index (χ0n) is 19.5. The molecule has 0 radical (unpaired) electrons. The Morgan fingerprint density at radius 3 is 2.12 bits per heavy atom. The van der Waals surface area contributed by atoms with E-state index in [0.717, 1.165) is 18.2 Å². The summed E-state index contributed by atoms with van der Waals surface area (Å²) in [7, 11) is -2.04. The molecule has 0 aliphatic heterocycles. The topological polar surface area (TPSA) is 86.8 Å². The first-order valence-corrected chi connectivity index (χ1v) is 12.7. The molecule has 0 saturated heterocycles. The van der Waals surface area contributed by atoms with E-state index in [4.69, 9.17) is 0 Å². The van der Waals surface area contributed by atoms with E-state index in [-0.39, 0.29) is 43.6 Å². The Balaban J connectivity index is 2.12. The lowest BCUT2D eigenvalue weighted by molar-refractivity contribution is -0.140. The fraction of sp³-hybridized carbons (Fsp3) is 0.417. The third kappa shape index (κ3) is 7.56. The van der Waals surface area contributed by atoms with Gasteiger partial charge in [-0.15, -0.1) is 0 Å². The van der Waals surface area contributed by atoms with E-state index in [1.165, 1.54) is 28.4 Å². The highest BCUT2D eigenvalue weighted by Crippen LogP contribution is 2.20. The molecule has 1 N–H and O–H groups in total. The molecule has 180 valence electrons. The van der Waals surface area contributed by atoms with Crippen LogP contribution in [0.25, 0.3) is 0 Å². The van der Waals surface area contributed by atoms with Gasteiger partial charge >= 0.3 is 0 Å². The molecule has 1 atom stereocenters. The first-order valence-electron chi connectivity index (χ1n) is 10.9. The van der Waals surface area contributed by atoms with Crippen molar-refractivity contribution in [1.82, 2.24) is 10.2 Å². The predicted octanol–water partition coefficient (Wildman–Crippen LogP) is 3.10. The Hall–Kier alpha value is -2.94. The molecular formula is C24H32FN3O4S. The number of hydrogen-bond donors (Lipinski definition) is 1. The van der Waals surface area contributed by atoms with Crippen molar-refractivity contribution in [2.75, 3.05) is 24.2 Å². The summed E-state index contributed by atoms with van der Waals surface area (Å²) >= 11 is 0. The molecule has 0 aromatic heterocycles. The quantitative estimate of drug-likeness (QED) is 0.539. The number of rotatable bonds is 11. The molecule has 2 amide bonds. The molecule has 0 unspecified atom stereocenters. The van der Waals surface area contributed by atoms with E-state index in [1.807, 2.05) is 19.1 Å². The van der Waals surface area contributed by atoms with Gasteiger partial charge in [-0.25, -0.2) is 12.8 Å². The molecule has 0 bridgehead atoms. The van der Waals surface area contributed by atoms with Crippen LogP contribution in [0, 0.1) is 5.82 Å². The summed E-state index contributed by atoms with van der Waals surface area (Å²) in [4.78, 5) is 26.7. The van der Waals surface area contributed by atoms with Crippen molar-refractivity contribution in [1.29, 1.82) is 0 Å². The van der Waals surface area contributed by atoms with Gasteiger partial charge < -0.3 is 10.2 Å². The molecule has 7 nitrogen and oxygen atoms in total. The molecule has 0 spiro atoms. The van der Waals surface area contributed by atoms with Gasteiger partial charge in [0, 0.05) is 26.6 Å². The van der Waals surface area contributed by atoms with Gasteiger partial charge in [0.15, 0.2) is 0 Å². The monoisotopic (exact) mass is 477 g/mol. The lowest BCUT2D eigenvalue weighted by atomic mass is 10.1. The number of likely N-dealkylation sites (N-methyl/N-ethyl adjacent to an activating group) is 1. The van der Waals surface area contributed by atoms with Crippen molar-refractivity contribution in [3.8, 4) is 0 Å². The number of sulfonamides is 1. The van der Waals surface area contributed by atoms with Crippen LogP contribution in [0.4, 0.5) is 10.1 Å². The second-order valence-corrected chi connectivity index (χ2v) is 9.80. The van der Waals surface area contributed by atoms with Gasteiger partial charge in [-0.1, -0.05) is 31.2 Å². The fourth-order valence-electron chi connectivity index (χ4n) is 3.48. The number of benzene rings is 2. The molecule has 0 fully saturated rings. The Labute approximate surface area is 195 Å². The number of amides is 2. The van der Waals surface area contributed by atoms with E-state index < -0.39 is 16.1 Å². The minimum Gasteiger partial charge on any atom is -0.357 e. The van der Waals surface area contributed by atoms with E-state index in [2.05, 4.69) is 5.32 Å². The summed E-state index contributed by atoms with van der Waals surface area (Å²) in [5.74, 6) is -0.992. The number of nitrogens with one attached hydrogen (secondary N) is 1. The van der Waals surface area contributed by atoms with Crippen molar-refractivity contribution in [2.45, 2.75) is 45.7 Å². The zero-order valence-corrected chi connectivity index (χ0v) is 20.4. The van der Waals surface area contributed by atoms with Gasteiger partial charge in [0.2, 0.25) is 21.8 Å². The maximum Gasteiger partial charge on any atom is 0.242 e. The van der Waals surface area contributed by atoms with Crippen LogP contribution in [0.2, 0.25) is 0 Å².